The Morgan fingerprint density at radius 3 is 2.42 bits per heavy atom. The van der Waals surface area contributed by atoms with Gasteiger partial charge in [0.25, 0.3) is 5.91 Å². The van der Waals surface area contributed by atoms with Crippen molar-refractivity contribution >= 4 is 46.2 Å². The van der Waals surface area contributed by atoms with Crippen LogP contribution in [0.4, 0.5) is 0 Å². The van der Waals surface area contributed by atoms with Crippen LogP contribution < -0.4 is 11.1 Å². The number of carbonyl (C=O) groups is 3. The van der Waals surface area contributed by atoms with Gasteiger partial charge in [0.05, 0.1) is 5.69 Å². The Morgan fingerprint density at radius 2 is 1.78 bits per heavy atom. The highest BCUT2D eigenvalue weighted by atomic mass is 127. The molecule has 2 amide bonds. The van der Waals surface area contributed by atoms with Crippen LogP contribution in [0.25, 0.3) is 0 Å². The van der Waals surface area contributed by atoms with Crippen molar-refractivity contribution in [3.05, 3.63) is 86.2 Å². The Labute approximate surface area is 221 Å². The molecule has 5 N–H and O–H groups in total. The summed E-state index contributed by atoms with van der Waals surface area (Å²) in [7, 11) is 0. The molecule has 2 aromatic carbocycles. The van der Waals surface area contributed by atoms with Gasteiger partial charge in [0.2, 0.25) is 5.91 Å². The zero-order valence-electron chi connectivity index (χ0n) is 19.3. The van der Waals surface area contributed by atoms with Gasteiger partial charge in [-0.1, -0.05) is 24.3 Å². The van der Waals surface area contributed by atoms with Crippen LogP contribution in [-0.2, 0) is 35.5 Å². The summed E-state index contributed by atoms with van der Waals surface area (Å²) in [4.78, 5) is 39.4. The van der Waals surface area contributed by atoms with Crippen LogP contribution in [-0.4, -0.2) is 56.0 Å². The van der Waals surface area contributed by atoms with Crippen LogP contribution in [0, 0.1) is 8.98 Å². The van der Waals surface area contributed by atoms with Crippen molar-refractivity contribution in [2.45, 2.75) is 32.0 Å². The quantitative estimate of drug-likeness (QED) is 0.176. The van der Waals surface area contributed by atoms with Crippen molar-refractivity contribution in [3.8, 4) is 0 Å². The molecule has 1 aliphatic rings. The maximum atomic E-state index is 13.6. The summed E-state index contributed by atoms with van der Waals surface area (Å²) in [6.07, 6.45) is 2.48. The number of carboxylic acid groups (broad SMARTS) is 1. The van der Waals surface area contributed by atoms with Crippen molar-refractivity contribution in [1.82, 2.24) is 20.0 Å². The van der Waals surface area contributed by atoms with Crippen molar-refractivity contribution in [3.63, 3.8) is 0 Å². The molecule has 3 aromatic rings. The lowest BCUT2D eigenvalue weighted by Gasteiger charge is -2.30. The second-order valence-electron chi connectivity index (χ2n) is 8.55. The van der Waals surface area contributed by atoms with Gasteiger partial charge in [0.1, 0.15) is 18.4 Å². The number of nitrogens with one attached hydrogen (secondary N) is 2. The molecule has 0 fully saturated rings. The number of carbonyl (C=O) groups excluding carboxylic acids is 2. The van der Waals surface area contributed by atoms with Gasteiger partial charge in [0.15, 0.2) is 0 Å². The minimum atomic E-state index is -0.987. The standard InChI is InChI=1S/C25H25IN6O4/c26-19-7-1-15(2-8-19)11-21(29-24(35)17-5-3-16(4-6-17)23(27)28)25(36)31-10-9-20-18(12-31)13-32(30-20)14-22(33)34/h1-8,13,21H,9-12,14H2,(H3,27,28)(H,29,35)(H,33,34)/t21-/m0/s1. The van der Waals surface area contributed by atoms with Gasteiger partial charge in [-0.05, 0) is 52.4 Å². The number of nitrogen functional groups attached to an aromatic ring is 1. The Hall–Kier alpha value is -3.74. The van der Waals surface area contributed by atoms with E-state index in [1.54, 1.807) is 35.4 Å². The molecule has 0 spiro atoms. The van der Waals surface area contributed by atoms with E-state index in [-0.39, 0.29) is 18.3 Å². The lowest BCUT2D eigenvalue weighted by molar-refractivity contribution is -0.138. The molecule has 0 saturated carbocycles. The van der Waals surface area contributed by atoms with Crippen molar-refractivity contribution in [2.24, 2.45) is 5.73 Å². The summed E-state index contributed by atoms with van der Waals surface area (Å²) in [5.74, 6) is -1.70. The van der Waals surface area contributed by atoms with Crippen molar-refractivity contribution in [1.29, 1.82) is 5.41 Å². The topological polar surface area (TPSA) is 154 Å². The molecular formula is C25H25IN6O4. The number of carboxylic acids is 1. The van der Waals surface area contributed by atoms with Gasteiger partial charge >= 0.3 is 5.97 Å². The SMILES string of the molecule is N=C(N)c1ccc(C(=O)N[C@@H](Cc2ccc(I)cc2)C(=O)N2CCc3nn(CC(=O)O)cc3C2)cc1. The van der Waals surface area contributed by atoms with Crippen molar-refractivity contribution < 1.29 is 19.5 Å². The van der Waals surface area contributed by atoms with Gasteiger partial charge in [0, 0.05) is 52.4 Å². The first-order chi connectivity index (χ1) is 17.2. The van der Waals surface area contributed by atoms with E-state index < -0.39 is 17.9 Å². The molecule has 0 radical (unpaired) electrons. The Kier molecular flexibility index (Phi) is 7.67. The van der Waals surface area contributed by atoms with Crippen LogP contribution in [0.3, 0.4) is 0 Å². The average Bonchev–Trinajstić information content (AvgIpc) is 3.25. The van der Waals surface area contributed by atoms with Gasteiger partial charge < -0.3 is 21.1 Å². The van der Waals surface area contributed by atoms with E-state index in [9.17, 15) is 14.4 Å². The predicted molar refractivity (Wildman–Crippen MR) is 141 cm³/mol. The molecule has 11 heteroatoms. The monoisotopic (exact) mass is 600 g/mol. The molecular weight excluding hydrogens is 575 g/mol. The normalized spacial score (nSPS) is 13.5. The van der Waals surface area contributed by atoms with Gasteiger partial charge in [-0.2, -0.15) is 5.10 Å². The molecule has 0 saturated heterocycles. The molecule has 1 aromatic heterocycles. The van der Waals surface area contributed by atoms with Crippen LogP contribution in [0.1, 0.15) is 32.7 Å². The first-order valence-electron chi connectivity index (χ1n) is 11.2. The van der Waals surface area contributed by atoms with E-state index in [1.165, 1.54) is 4.68 Å². The minimum absolute atomic E-state index is 0.0927. The summed E-state index contributed by atoms with van der Waals surface area (Å²) < 4.78 is 2.44. The number of hydrogen-bond acceptors (Lipinski definition) is 5. The van der Waals surface area contributed by atoms with Gasteiger partial charge in [-0.15, -0.1) is 0 Å². The number of fused-ring (bicyclic) bond motifs is 1. The summed E-state index contributed by atoms with van der Waals surface area (Å²) in [5, 5.41) is 23.7. The summed E-state index contributed by atoms with van der Waals surface area (Å²) in [6.45, 7) is 0.470. The maximum Gasteiger partial charge on any atom is 0.325 e. The predicted octanol–water partition coefficient (Wildman–Crippen LogP) is 1.78. The van der Waals surface area contributed by atoms with E-state index in [4.69, 9.17) is 16.2 Å². The fourth-order valence-corrected chi connectivity index (χ4v) is 4.46. The molecule has 0 aliphatic carbocycles. The Morgan fingerprint density at radius 1 is 1.11 bits per heavy atom. The van der Waals surface area contributed by atoms with Gasteiger partial charge in [-0.25, -0.2) is 0 Å². The largest absolute Gasteiger partial charge is 0.480 e. The fraction of sp³-hybridized carbons (Fsp3) is 0.240. The fourth-order valence-electron chi connectivity index (χ4n) is 4.10. The average molecular weight is 600 g/mol. The van der Waals surface area contributed by atoms with E-state index >= 15 is 0 Å². The number of nitrogens with two attached hydrogens (primary N) is 1. The number of halogens is 1. The molecule has 2 heterocycles. The first kappa shape index (κ1) is 25.4. The summed E-state index contributed by atoms with van der Waals surface area (Å²) in [6, 6.07) is 13.3. The zero-order chi connectivity index (χ0) is 25.8. The molecule has 10 nitrogen and oxygen atoms in total. The first-order valence-corrected chi connectivity index (χ1v) is 12.3. The molecule has 0 bridgehead atoms. The number of amides is 2. The number of benzene rings is 2. The van der Waals surface area contributed by atoms with Crippen LogP contribution in [0.2, 0.25) is 0 Å². The third-order valence-electron chi connectivity index (χ3n) is 5.93. The Bertz CT molecular complexity index is 1300. The number of aromatic nitrogens is 2. The van der Waals surface area contributed by atoms with E-state index in [0.29, 0.717) is 37.1 Å². The number of nitrogens with zero attached hydrogens (tertiary/aromatic N) is 3. The molecule has 36 heavy (non-hydrogen) atoms. The van der Waals surface area contributed by atoms with Crippen LogP contribution >= 0.6 is 22.6 Å². The van der Waals surface area contributed by atoms with Gasteiger partial charge in [-0.3, -0.25) is 24.5 Å². The van der Waals surface area contributed by atoms with Crippen molar-refractivity contribution in [2.75, 3.05) is 6.54 Å². The smallest absolute Gasteiger partial charge is 0.325 e. The number of rotatable bonds is 8. The number of amidine groups is 1. The van der Waals surface area contributed by atoms with E-state index in [0.717, 1.165) is 20.4 Å². The summed E-state index contributed by atoms with van der Waals surface area (Å²) >= 11 is 2.21. The maximum absolute atomic E-state index is 13.6. The van der Waals surface area contributed by atoms with E-state index in [2.05, 4.69) is 33.0 Å². The third-order valence-corrected chi connectivity index (χ3v) is 6.65. The molecule has 0 unspecified atom stereocenters. The summed E-state index contributed by atoms with van der Waals surface area (Å²) in [5.41, 5.74) is 8.85. The Balaban J connectivity index is 1.53. The molecule has 1 atom stereocenters. The second-order valence-corrected chi connectivity index (χ2v) is 9.80. The van der Waals surface area contributed by atoms with Crippen LogP contribution in [0.5, 0.6) is 0 Å². The molecule has 4 rings (SSSR count). The molecule has 186 valence electrons. The number of hydrogen-bond donors (Lipinski definition) is 4. The highest BCUT2D eigenvalue weighted by Crippen LogP contribution is 2.20. The van der Waals surface area contributed by atoms with E-state index in [1.807, 2.05) is 24.3 Å². The minimum Gasteiger partial charge on any atom is -0.480 e. The highest BCUT2D eigenvalue weighted by Gasteiger charge is 2.30. The lowest BCUT2D eigenvalue weighted by Crippen LogP contribution is -2.50. The van der Waals surface area contributed by atoms with Crippen LogP contribution in [0.15, 0.2) is 54.7 Å². The third kappa shape index (κ3) is 6.08. The zero-order valence-corrected chi connectivity index (χ0v) is 21.4. The molecule has 1 aliphatic heterocycles. The highest BCUT2D eigenvalue weighted by molar-refractivity contribution is 14.1. The second kappa shape index (κ2) is 10.9. The number of aliphatic carboxylic acids is 1. The lowest BCUT2D eigenvalue weighted by atomic mass is 10.0.